The number of nitrogens with zero attached hydrogens (tertiary/aromatic N) is 1. The summed E-state index contributed by atoms with van der Waals surface area (Å²) in [6, 6.07) is 6.45. The molecule has 1 aliphatic rings. The van der Waals surface area contributed by atoms with E-state index in [0.717, 1.165) is 12.5 Å². The number of rotatable bonds is 5. The summed E-state index contributed by atoms with van der Waals surface area (Å²) < 4.78 is 0. The Labute approximate surface area is 128 Å². The van der Waals surface area contributed by atoms with Crippen LogP contribution in [-0.4, -0.2) is 30.1 Å². The second-order valence-electron chi connectivity index (χ2n) is 6.62. The minimum Gasteiger partial charge on any atom is -0.311 e. The highest BCUT2D eigenvalue weighted by molar-refractivity contribution is 7.12. The number of hydrogen-bond acceptors (Lipinski definition) is 3. The quantitative estimate of drug-likeness (QED) is 0.875. The van der Waals surface area contributed by atoms with Gasteiger partial charge in [0, 0.05) is 41.0 Å². The van der Waals surface area contributed by atoms with Crippen LogP contribution in [0.4, 0.5) is 0 Å². The topological polar surface area (TPSA) is 15.3 Å². The molecule has 1 aliphatic heterocycles. The Bertz CT molecular complexity index is 413. The van der Waals surface area contributed by atoms with E-state index in [1.165, 1.54) is 29.1 Å². The summed E-state index contributed by atoms with van der Waals surface area (Å²) in [5, 5.41) is 3.75. The number of hydrogen-bond donors (Lipinski definition) is 1. The summed E-state index contributed by atoms with van der Waals surface area (Å²) in [5.41, 5.74) is 0. The molecule has 0 radical (unpaired) electrons. The maximum atomic E-state index is 3.75. The van der Waals surface area contributed by atoms with Gasteiger partial charge in [-0.2, -0.15) is 0 Å². The highest BCUT2D eigenvalue weighted by atomic mass is 32.1. The van der Waals surface area contributed by atoms with E-state index in [2.05, 4.69) is 57.0 Å². The minimum atomic E-state index is 0.551. The fraction of sp³-hybridized carbons (Fsp3) is 0.765. The Balaban J connectivity index is 2.08. The van der Waals surface area contributed by atoms with Gasteiger partial charge in [0.25, 0.3) is 0 Å². The van der Waals surface area contributed by atoms with E-state index in [1.54, 1.807) is 0 Å². The third-order valence-electron chi connectivity index (χ3n) is 4.44. The van der Waals surface area contributed by atoms with Gasteiger partial charge in [-0.1, -0.05) is 20.8 Å². The third kappa shape index (κ3) is 3.84. The molecule has 0 saturated carbocycles. The first-order valence-corrected chi connectivity index (χ1v) is 8.88. The van der Waals surface area contributed by atoms with Crippen molar-refractivity contribution in [2.75, 3.05) is 13.1 Å². The molecule has 0 bridgehead atoms. The van der Waals surface area contributed by atoms with Gasteiger partial charge in [0.2, 0.25) is 0 Å². The van der Waals surface area contributed by atoms with Crippen LogP contribution >= 0.6 is 11.3 Å². The molecule has 2 heterocycles. The molecule has 0 amide bonds. The molecule has 1 aromatic rings. The fourth-order valence-corrected chi connectivity index (χ4v) is 4.26. The fourth-order valence-electron chi connectivity index (χ4n) is 3.31. The molecular formula is C17H30N2S. The van der Waals surface area contributed by atoms with Gasteiger partial charge in [0.1, 0.15) is 0 Å². The van der Waals surface area contributed by atoms with Gasteiger partial charge in [-0.05, 0) is 44.7 Å². The van der Waals surface area contributed by atoms with Crippen LogP contribution in [0.1, 0.15) is 56.3 Å². The number of nitrogens with one attached hydrogen (secondary N) is 1. The lowest BCUT2D eigenvalue weighted by atomic mass is 9.97. The summed E-state index contributed by atoms with van der Waals surface area (Å²) in [5.74, 6) is 0.770. The normalized spacial score (nSPS) is 26.1. The third-order valence-corrected chi connectivity index (χ3v) is 5.61. The van der Waals surface area contributed by atoms with Crippen LogP contribution < -0.4 is 5.32 Å². The Morgan fingerprint density at radius 2 is 2.10 bits per heavy atom. The molecule has 1 saturated heterocycles. The van der Waals surface area contributed by atoms with E-state index in [9.17, 15) is 0 Å². The van der Waals surface area contributed by atoms with Crippen molar-refractivity contribution in [2.24, 2.45) is 5.92 Å². The second kappa shape index (κ2) is 7.06. The standard InChI is InChI=1S/C17H30N2S/c1-6-16-10-18-15(9-12(2)3)11-19(16)14(5)17-8-7-13(4)20-17/h7-8,12,14-16,18H,6,9-11H2,1-5H3. The number of thiophene rings is 1. The Morgan fingerprint density at radius 3 is 2.65 bits per heavy atom. The Kier molecular flexibility index (Phi) is 5.65. The minimum absolute atomic E-state index is 0.551. The van der Waals surface area contributed by atoms with Crippen molar-refractivity contribution >= 4 is 11.3 Å². The zero-order valence-corrected chi connectivity index (χ0v) is 14.5. The molecule has 3 unspecified atom stereocenters. The molecule has 3 atom stereocenters. The molecule has 0 aromatic carbocycles. The zero-order chi connectivity index (χ0) is 14.7. The van der Waals surface area contributed by atoms with E-state index >= 15 is 0 Å². The van der Waals surface area contributed by atoms with Gasteiger partial charge in [-0.3, -0.25) is 4.90 Å². The number of piperazine rings is 1. The van der Waals surface area contributed by atoms with Crippen molar-refractivity contribution in [2.45, 2.75) is 65.6 Å². The molecule has 2 nitrogen and oxygen atoms in total. The summed E-state index contributed by atoms with van der Waals surface area (Å²) in [4.78, 5) is 5.68. The van der Waals surface area contributed by atoms with Crippen LogP contribution in [0.3, 0.4) is 0 Å². The predicted molar refractivity (Wildman–Crippen MR) is 89.5 cm³/mol. The first-order valence-electron chi connectivity index (χ1n) is 8.06. The summed E-state index contributed by atoms with van der Waals surface area (Å²) in [6.45, 7) is 13.9. The van der Waals surface area contributed by atoms with E-state index in [1.807, 2.05) is 11.3 Å². The molecule has 1 aromatic heterocycles. The van der Waals surface area contributed by atoms with Gasteiger partial charge < -0.3 is 5.32 Å². The van der Waals surface area contributed by atoms with Crippen molar-refractivity contribution in [1.82, 2.24) is 10.2 Å². The van der Waals surface area contributed by atoms with E-state index in [0.29, 0.717) is 18.1 Å². The van der Waals surface area contributed by atoms with Gasteiger partial charge in [-0.15, -0.1) is 11.3 Å². The Hall–Kier alpha value is -0.380. The predicted octanol–water partition coefficient (Wildman–Crippen LogP) is 4.22. The van der Waals surface area contributed by atoms with Crippen LogP contribution in [0.15, 0.2) is 12.1 Å². The van der Waals surface area contributed by atoms with E-state index in [-0.39, 0.29) is 0 Å². The first-order chi connectivity index (χ1) is 9.51. The van der Waals surface area contributed by atoms with Gasteiger partial charge in [0.15, 0.2) is 0 Å². The lowest BCUT2D eigenvalue weighted by molar-refractivity contribution is 0.0817. The summed E-state index contributed by atoms with van der Waals surface area (Å²) >= 11 is 1.96. The maximum absolute atomic E-state index is 3.75. The van der Waals surface area contributed by atoms with Crippen LogP contribution in [-0.2, 0) is 0 Å². The molecule has 1 fully saturated rings. The van der Waals surface area contributed by atoms with Crippen molar-refractivity contribution in [3.8, 4) is 0 Å². The van der Waals surface area contributed by atoms with Crippen molar-refractivity contribution in [3.63, 3.8) is 0 Å². The van der Waals surface area contributed by atoms with Gasteiger partial charge in [0.05, 0.1) is 0 Å². The van der Waals surface area contributed by atoms with Crippen molar-refractivity contribution in [1.29, 1.82) is 0 Å². The maximum Gasteiger partial charge on any atom is 0.0417 e. The van der Waals surface area contributed by atoms with Crippen molar-refractivity contribution in [3.05, 3.63) is 21.9 Å². The van der Waals surface area contributed by atoms with Gasteiger partial charge in [-0.25, -0.2) is 0 Å². The smallest absolute Gasteiger partial charge is 0.0417 e. The van der Waals surface area contributed by atoms with Crippen LogP contribution in [0.25, 0.3) is 0 Å². The zero-order valence-electron chi connectivity index (χ0n) is 13.6. The average molecular weight is 295 g/mol. The highest BCUT2D eigenvalue weighted by Crippen LogP contribution is 2.31. The first kappa shape index (κ1) is 16.0. The van der Waals surface area contributed by atoms with Crippen LogP contribution in [0, 0.1) is 12.8 Å². The monoisotopic (exact) mass is 294 g/mol. The molecule has 0 aliphatic carbocycles. The average Bonchev–Trinajstić information content (AvgIpc) is 2.84. The molecule has 114 valence electrons. The largest absolute Gasteiger partial charge is 0.311 e. The number of aryl methyl sites for hydroxylation is 1. The Morgan fingerprint density at radius 1 is 1.35 bits per heavy atom. The molecule has 0 spiro atoms. The van der Waals surface area contributed by atoms with E-state index < -0.39 is 0 Å². The lowest BCUT2D eigenvalue weighted by Crippen LogP contribution is -2.56. The van der Waals surface area contributed by atoms with E-state index in [4.69, 9.17) is 0 Å². The second-order valence-corrected chi connectivity index (χ2v) is 7.94. The molecular weight excluding hydrogens is 264 g/mol. The summed E-state index contributed by atoms with van der Waals surface area (Å²) in [7, 11) is 0. The highest BCUT2D eigenvalue weighted by Gasteiger charge is 2.31. The van der Waals surface area contributed by atoms with Crippen LogP contribution in [0.5, 0.6) is 0 Å². The van der Waals surface area contributed by atoms with Gasteiger partial charge >= 0.3 is 0 Å². The van der Waals surface area contributed by atoms with Crippen molar-refractivity contribution < 1.29 is 0 Å². The summed E-state index contributed by atoms with van der Waals surface area (Å²) in [6.07, 6.45) is 2.51. The molecule has 1 N–H and O–H groups in total. The SMILES string of the molecule is CCC1CNC(CC(C)C)CN1C(C)c1ccc(C)s1. The lowest BCUT2D eigenvalue weighted by Gasteiger charge is -2.43. The van der Waals surface area contributed by atoms with Crippen LogP contribution in [0.2, 0.25) is 0 Å². The molecule has 2 rings (SSSR count). The molecule has 20 heavy (non-hydrogen) atoms. The molecule has 3 heteroatoms.